The summed E-state index contributed by atoms with van der Waals surface area (Å²) in [6, 6.07) is -0.975. The lowest BCUT2D eigenvalue weighted by molar-refractivity contribution is -0.142. The van der Waals surface area contributed by atoms with Gasteiger partial charge < -0.3 is 9.63 Å². The zero-order valence-corrected chi connectivity index (χ0v) is 8.20. The van der Waals surface area contributed by atoms with E-state index in [4.69, 9.17) is 9.63 Å². The molecule has 1 rings (SSSR count). The van der Waals surface area contributed by atoms with Crippen molar-refractivity contribution in [2.24, 2.45) is 0 Å². The van der Waals surface area contributed by atoms with Crippen LogP contribution in [0.15, 0.2) is 9.32 Å². The maximum Gasteiger partial charge on any atom is 0.325 e. The van der Waals surface area contributed by atoms with Gasteiger partial charge in [0.2, 0.25) is 0 Å². The van der Waals surface area contributed by atoms with Crippen molar-refractivity contribution in [3.8, 4) is 0 Å². The van der Waals surface area contributed by atoms with E-state index < -0.39 is 17.6 Å². The van der Waals surface area contributed by atoms with Crippen molar-refractivity contribution in [2.45, 2.75) is 13.0 Å². The number of nitrogens with one attached hydrogen (secondary N) is 1. The molecule has 0 amide bonds. The first kappa shape index (κ1) is 10.5. The Hall–Kier alpha value is -1.56. The summed E-state index contributed by atoms with van der Waals surface area (Å²) in [5.74, 6) is -0.777. The fraction of sp³-hybridized carbons (Fsp3) is 0.500. The number of aromatic nitrogens is 1. The molecular weight excluding hydrogens is 188 g/mol. The number of rotatable bonds is 3. The van der Waals surface area contributed by atoms with Crippen LogP contribution in [0.5, 0.6) is 0 Å². The van der Waals surface area contributed by atoms with Crippen molar-refractivity contribution < 1.29 is 14.4 Å². The number of likely N-dealkylation sites (N-methyl/N-ethyl adjacent to an activating group) is 1. The van der Waals surface area contributed by atoms with Gasteiger partial charge in [-0.1, -0.05) is 0 Å². The Morgan fingerprint density at radius 3 is 2.43 bits per heavy atom. The quantitative estimate of drug-likeness (QED) is 0.715. The zero-order chi connectivity index (χ0) is 10.9. The molecule has 1 aromatic heterocycles. The summed E-state index contributed by atoms with van der Waals surface area (Å²) >= 11 is 0. The predicted molar refractivity (Wildman–Crippen MR) is 48.1 cm³/mol. The van der Waals surface area contributed by atoms with Crippen molar-refractivity contribution in [2.75, 3.05) is 14.1 Å². The highest BCUT2D eigenvalue weighted by atomic mass is 16.5. The second-order valence-electron chi connectivity index (χ2n) is 3.21. The molecule has 2 N–H and O–H groups in total. The third-order valence-corrected chi connectivity index (χ3v) is 1.94. The van der Waals surface area contributed by atoms with Crippen LogP contribution in [-0.4, -0.2) is 35.2 Å². The van der Waals surface area contributed by atoms with Crippen molar-refractivity contribution in [3.05, 3.63) is 21.7 Å². The van der Waals surface area contributed by atoms with Gasteiger partial charge >= 0.3 is 5.97 Å². The standard InChI is InChI=1S/C8H12N2O4/c1-4-5(7(11)9-14-4)6(8(12)13)10(2)3/h6H,1-3H3,(H,9,11)(H,12,13). The van der Waals surface area contributed by atoms with Gasteiger partial charge in [0.25, 0.3) is 5.56 Å². The summed E-state index contributed by atoms with van der Waals surface area (Å²) in [4.78, 5) is 23.6. The molecule has 14 heavy (non-hydrogen) atoms. The number of carboxylic acids is 1. The first-order chi connectivity index (χ1) is 6.45. The number of hydrogen-bond acceptors (Lipinski definition) is 4. The van der Waals surface area contributed by atoms with Gasteiger partial charge in [-0.3, -0.25) is 14.5 Å². The molecule has 1 aromatic rings. The van der Waals surface area contributed by atoms with Gasteiger partial charge in [-0.15, -0.1) is 0 Å². The summed E-state index contributed by atoms with van der Waals surface area (Å²) in [7, 11) is 3.18. The number of aryl methyl sites for hydroxylation is 1. The maximum atomic E-state index is 11.3. The van der Waals surface area contributed by atoms with Crippen LogP contribution in [-0.2, 0) is 4.79 Å². The molecule has 0 saturated heterocycles. The Morgan fingerprint density at radius 1 is 1.57 bits per heavy atom. The fourth-order valence-electron chi connectivity index (χ4n) is 1.31. The van der Waals surface area contributed by atoms with E-state index in [1.165, 1.54) is 4.90 Å². The topological polar surface area (TPSA) is 86.5 Å². The van der Waals surface area contributed by atoms with Crippen LogP contribution >= 0.6 is 0 Å². The van der Waals surface area contributed by atoms with Gasteiger partial charge in [0, 0.05) is 0 Å². The highest BCUT2D eigenvalue weighted by molar-refractivity contribution is 5.75. The molecule has 6 nitrogen and oxygen atoms in total. The van der Waals surface area contributed by atoms with Crippen molar-refractivity contribution in [1.82, 2.24) is 10.1 Å². The van der Waals surface area contributed by atoms with E-state index in [0.29, 0.717) is 5.76 Å². The van der Waals surface area contributed by atoms with Crippen LogP contribution in [0.25, 0.3) is 0 Å². The minimum Gasteiger partial charge on any atom is -0.480 e. The lowest BCUT2D eigenvalue weighted by Gasteiger charge is -2.17. The number of hydrogen-bond donors (Lipinski definition) is 2. The summed E-state index contributed by atoms with van der Waals surface area (Å²) in [6.45, 7) is 1.55. The third-order valence-electron chi connectivity index (χ3n) is 1.94. The molecule has 6 heteroatoms. The molecule has 1 atom stereocenters. The first-order valence-corrected chi connectivity index (χ1v) is 4.02. The van der Waals surface area contributed by atoms with Crippen LogP contribution in [0.4, 0.5) is 0 Å². The molecular formula is C8H12N2O4. The fourth-order valence-corrected chi connectivity index (χ4v) is 1.31. The molecule has 78 valence electrons. The van der Waals surface area contributed by atoms with E-state index >= 15 is 0 Å². The summed E-state index contributed by atoms with van der Waals surface area (Å²) < 4.78 is 4.75. The van der Waals surface area contributed by atoms with E-state index in [1.54, 1.807) is 21.0 Å². The second-order valence-corrected chi connectivity index (χ2v) is 3.21. The second kappa shape index (κ2) is 3.67. The van der Waals surface area contributed by atoms with Gasteiger partial charge in [-0.2, -0.15) is 5.16 Å². The SMILES string of the molecule is Cc1o[nH]c(=O)c1C(C(=O)O)N(C)C. The van der Waals surface area contributed by atoms with Gasteiger partial charge in [0.05, 0.1) is 5.56 Å². The summed E-state index contributed by atoms with van der Waals surface area (Å²) in [6.07, 6.45) is 0. The Kier molecular flexibility index (Phi) is 2.76. The van der Waals surface area contributed by atoms with Crippen LogP contribution in [0.2, 0.25) is 0 Å². The minimum absolute atomic E-state index is 0.141. The largest absolute Gasteiger partial charge is 0.480 e. The Balaban J connectivity index is 3.24. The molecule has 0 aliphatic heterocycles. The molecule has 0 radical (unpaired) electrons. The molecule has 0 aliphatic rings. The summed E-state index contributed by atoms with van der Waals surface area (Å²) in [5, 5.41) is 11.0. The number of carbonyl (C=O) groups is 1. The Labute approximate surface area is 80.1 Å². The summed E-state index contributed by atoms with van der Waals surface area (Å²) in [5.41, 5.74) is -0.355. The molecule has 0 spiro atoms. The lowest BCUT2D eigenvalue weighted by Crippen LogP contribution is -2.31. The zero-order valence-electron chi connectivity index (χ0n) is 8.20. The van der Waals surface area contributed by atoms with E-state index in [9.17, 15) is 9.59 Å². The Morgan fingerprint density at radius 2 is 2.14 bits per heavy atom. The van der Waals surface area contributed by atoms with Crippen LogP contribution in [0, 0.1) is 6.92 Å². The molecule has 0 saturated carbocycles. The van der Waals surface area contributed by atoms with Gasteiger partial charge in [-0.25, -0.2) is 0 Å². The Bertz CT molecular complexity index is 390. The average molecular weight is 200 g/mol. The monoisotopic (exact) mass is 200 g/mol. The molecule has 0 bridgehead atoms. The number of nitrogens with zero attached hydrogens (tertiary/aromatic N) is 1. The van der Waals surface area contributed by atoms with E-state index in [1.807, 2.05) is 0 Å². The van der Waals surface area contributed by atoms with E-state index in [2.05, 4.69) is 5.16 Å². The normalized spacial score (nSPS) is 13.1. The molecule has 0 aliphatic carbocycles. The van der Waals surface area contributed by atoms with Crippen molar-refractivity contribution in [3.63, 3.8) is 0 Å². The van der Waals surface area contributed by atoms with Crippen molar-refractivity contribution >= 4 is 5.97 Å². The molecule has 0 aromatic carbocycles. The van der Waals surface area contributed by atoms with E-state index in [0.717, 1.165) is 0 Å². The van der Waals surface area contributed by atoms with Gasteiger partial charge in [0.1, 0.15) is 11.8 Å². The minimum atomic E-state index is -1.08. The van der Waals surface area contributed by atoms with Crippen LogP contribution < -0.4 is 5.56 Å². The number of H-pyrrole nitrogens is 1. The predicted octanol–water partition coefficient (Wildman–Crippen LogP) is -0.0364. The van der Waals surface area contributed by atoms with Crippen LogP contribution in [0.1, 0.15) is 17.4 Å². The van der Waals surface area contributed by atoms with Crippen molar-refractivity contribution in [1.29, 1.82) is 0 Å². The number of aromatic amines is 1. The van der Waals surface area contributed by atoms with Crippen LogP contribution in [0.3, 0.4) is 0 Å². The third kappa shape index (κ3) is 1.69. The first-order valence-electron chi connectivity index (χ1n) is 4.02. The molecule has 0 fully saturated rings. The smallest absolute Gasteiger partial charge is 0.325 e. The van der Waals surface area contributed by atoms with Gasteiger partial charge in [0.15, 0.2) is 0 Å². The maximum absolute atomic E-state index is 11.3. The highest BCUT2D eigenvalue weighted by Gasteiger charge is 2.28. The number of carboxylic acid groups (broad SMARTS) is 1. The van der Waals surface area contributed by atoms with E-state index in [-0.39, 0.29) is 5.56 Å². The number of aliphatic carboxylic acids is 1. The molecule has 1 heterocycles. The molecule has 1 unspecified atom stereocenters. The van der Waals surface area contributed by atoms with Gasteiger partial charge in [-0.05, 0) is 21.0 Å². The average Bonchev–Trinajstić information content (AvgIpc) is 2.34. The highest BCUT2D eigenvalue weighted by Crippen LogP contribution is 2.17. The lowest BCUT2D eigenvalue weighted by atomic mass is 10.1.